The molecule has 0 radical (unpaired) electrons. The summed E-state index contributed by atoms with van der Waals surface area (Å²) in [5, 5.41) is 13.4. The number of esters is 2. The predicted octanol–water partition coefficient (Wildman–Crippen LogP) is 1.56. The predicted molar refractivity (Wildman–Crippen MR) is 96.4 cm³/mol. The molecule has 4 saturated carbocycles. The van der Waals surface area contributed by atoms with Gasteiger partial charge in [0.15, 0.2) is 6.61 Å². The molecule has 4 atom stereocenters. The Bertz CT molecular complexity index is 604. The summed E-state index contributed by atoms with van der Waals surface area (Å²) < 4.78 is 10.1. The number of rotatable bonds is 7. The van der Waals surface area contributed by atoms with Crippen molar-refractivity contribution in [2.75, 3.05) is 13.7 Å². The zero-order valence-electron chi connectivity index (χ0n) is 16.5. The van der Waals surface area contributed by atoms with Crippen molar-refractivity contribution in [2.45, 2.75) is 70.4 Å². The normalized spacial score (nSPS) is 36.0. The van der Waals surface area contributed by atoms with Crippen LogP contribution >= 0.6 is 0 Å². The molecular formula is C20H31NO6. The molecule has 4 bridgehead atoms. The summed E-state index contributed by atoms with van der Waals surface area (Å²) in [5.41, 5.74) is -1.41. The van der Waals surface area contributed by atoms with E-state index in [4.69, 9.17) is 9.47 Å². The Morgan fingerprint density at radius 3 is 2.33 bits per heavy atom. The van der Waals surface area contributed by atoms with E-state index < -0.39 is 35.5 Å². The lowest BCUT2D eigenvalue weighted by atomic mass is 9.48. The molecule has 0 aromatic heterocycles. The summed E-state index contributed by atoms with van der Waals surface area (Å²) in [6.07, 6.45) is 5.24. The highest BCUT2D eigenvalue weighted by Gasteiger charge is 2.60. The Morgan fingerprint density at radius 2 is 1.81 bits per heavy atom. The molecular weight excluding hydrogens is 350 g/mol. The number of amides is 1. The molecule has 4 fully saturated rings. The quantitative estimate of drug-likeness (QED) is 0.649. The van der Waals surface area contributed by atoms with Gasteiger partial charge in [-0.05, 0) is 56.3 Å². The van der Waals surface area contributed by atoms with E-state index in [1.54, 1.807) is 0 Å². The number of hydrogen-bond donors (Lipinski definition) is 2. The molecule has 27 heavy (non-hydrogen) atoms. The van der Waals surface area contributed by atoms with Gasteiger partial charge in [-0.3, -0.25) is 9.59 Å². The topological polar surface area (TPSA) is 102 Å². The van der Waals surface area contributed by atoms with Gasteiger partial charge in [0.2, 0.25) is 0 Å². The maximum atomic E-state index is 12.8. The van der Waals surface area contributed by atoms with Crippen LogP contribution in [0.25, 0.3) is 0 Å². The molecule has 0 aromatic rings. The molecule has 0 saturated heterocycles. The summed E-state index contributed by atoms with van der Waals surface area (Å²) in [7, 11) is 1.28. The lowest BCUT2D eigenvalue weighted by Gasteiger charge is -2.58. The third-order valence-corrected chi connectivity index (χ3v) is 6.78. The van der Waals surface area contributed by atoms with Crippen molar-refractivity contribution >= 4 is 17.8 Å². The van der Waals surface area contributed by atoms with Crippen molar-refractivity contribution < 1.29 is 29.0 Å². The van der Waals surface area contributed by atoms with Gasteiger partial charge in [-0.2, -0.15) is 0 Å². The zero-order chi connectivity index (χ0) is 19.8. The lowest BCUT2D eigenvalue weighted by Crippen LogP contribution is -2.58. The van der Waals surface area contributed by atoms with Crippen molar-refractivity contribution in [3.05, 3.63) is 0 Å². The highest BCUT2D eigenvalue weighted by atomic mass is 16.5. The Morgan fingerprint density at radius 1 is 1.19 bits per heavy atom. The lowest BCUT2D eigenvalue weighted by molar-refractivity contribution is -0.196. The highest BCUT2D eigenvalue weighted by molar-refractivity contribution is 5.87. The molecule has 152 valence electrons. The molecule has 4 unspecified atom stereocenters. The minimum absolute atomic E-state index is 0.0884. The third kappa shape index (κ3) is 3.98. The molecule has 4 aliphatic rings. The van der Waals surface area contributed by atoms with Gasteiger partial charge in [-0.1, -0.05) is 20.3 Å². The Balaban J connectivity index is 1.57. The number of methoxy groups -OCH3 is 1. The zero-order valence-corrected chi connectivity index (χ0v) is 16.5. The van der Waals surface area contributed by atoms with Gasteiger partial charge >= 0.3 is 11.9 Å². The molecule has 4 aliphatic carbocycles. The van der Waals surface area contributed by atoms with E-state index in [9.17, 15) is 19.5 Å². The van der Waals surface area contributed by atoms with Crippen LogP contribution in [0.2, 0.25) is 0 Å². The summed E-state index contributed by atoms with van der Waals surface area (Å²) in [6, 6.07) is -0.758. The van der Waals surface area contributed by atoms with Crippen LogP contribution in [0.1, 0.15) is 58.8 Å². The van der Waals surface area contributed by atoms with Gasteiger partial charge in [-0.25, -0.2) is 4.79 Å². The van der Waals surface area contributed by atoms with Crippen LogP contribution in [0.4, 0.5) is 0 Å². The van der Waals surface area contributed by atoms with Gasteiger partial charge in [0.25, 0.3) is 5.91 Å². The van der Waals surface area contributed by atoms with Crippen LogP contribution in [0.5, 0.6) is 0 Å². The number of hydrogen-bond acceptors (Lipinski definition) is 6. The van der Waals surface area contributed by atoms with Gasteiger partial charge in [0, 0.05) is 0 Å². The van der Waals surface area contributed by atoms with Gasteiger partial charge < -0.3 is 19.9 Å². The Labute approximate surface area is 160 Å². The van der Waals surface area contributed by atoms with Crippen molar-refractivity contribution in [1.82, 2.24) is 5.32 Å². The first-order valence-corrected chi connectivity index (χ1v) is 9.97. The Hall–Kier alpha value is -1.63. The summed E-state index contributed by atoms with van der Waals surface area (Å²) in [6.45, 7) is 3.35. The molecule has 1 amide bonds. The van der Waals surface area contributed by atoms with E-state index in [-0.39, 0.29) is 11.9 Å². The third-order valence-electron chi connectivity index (χ3n) is 6.78. The van der Waals surface area contributed by atoms with Crippen LogP contribution in [-0.2, 0) is 23.9 Å². The fraction of sp³-hybridized carbons (Fsp3) is 0.850. The maximum absolute atomic E-state index is 12.8. The van der Waals surface area contributed by atoms with E-state index in [1.165, 1.54) is 7.11 Å². The van der Waals surface area contributed by atoms with Crippen LogP contribution in [0, 0.1) is 23.2 Å². The number of nitrogens with one attached hydrogen (secondary N) is 1. The molecule has 0 aromatic carbocycles. The van der Waals surface area contributed by atoms with Crippen LogP contribution < -0.4 is 5.32 Å². The second-order valence-corrected chi connectivity index (χ2v) is 9.00. The van der Waals surface area contributed by atoms with Crippen LogP contribution in [-0.4, -0.2) is 48.3 Å². The van der Waals surface area contributed by atoms with E-state index in [0.717, 1.165) is 32.1 Å². The van der Waals surface area contributed by atoms with E-state index in [0.29, 0.717) is 24.7 Å². The molecule has 0 heterocycles. The maximum Gasteiger partial charge on any atom is 0.328 e. The number of ether oxygens (including phenoxy) is 2. The molecule has 7 heteroatoms. The molecule has 0 spiro atoms. The Kier molecular flexibility index (Phi) is 5.52. The minimum atomic E-state index is -0.758. The number of aliphatic hydroxyl groups is 1. The average molecular weight is 381 g/mol. The standard InChI is InChI=1S/C20H31NO6/c1-4-12(2)16(17(23)26-3)21-15(22)10-27-18(24)19-6-13-5-14(7-19)9-20(25,8-13)11-19/h12-14,16,25H,4-11H2,1-3H3,(H,21,22). The number of carbonyl (C=O) groups is 3. The van der Waals surface area contributed by atoms with Gasteiger partial charge in [0.1, 0.15) is 6.04 Å². The molecule has 4 rings (SSSR count). The van der Waals surface area contributed by atoms with E-state index in [1.807, 2.05) is 13.8 Å². The van der Waals surface area contributed by atoms with Gasteiger partial charge in [-0.15, -0.1) is 0 Å². The second-order valence-electron chi connectivity index (χ2n) is 9.00. The SMILES string of the molecule is CCC(C)C(NC(=O)COC(=O)C12CC3CC(CC(O)(C3)C1)C2)C(=O)OC. The van der Waals surface area contributed by atoms with Crippen molar-refractivity contribution in [2.24, 2.45) is 23.2 Å². The monoisotopic (exact) mass is 381 g/mol. The first-order chi connectivity index (χ1) is 12.7. The van der Waals surface area contributed by atoms with Crippen molar-refractivity contribution in [1.29, 1.82) is 0 Å². The first-order valence-electron chi connectivity index (χ1n) is 9.97. The van der Waals surface area contributed by atoms with Crippen molar-refractivity contribution in [3.8, 4) is 0 Å². The second kappa shape index (κ2) is 7.41. The largest absolute Gasteiger partial charge is 0.467 e. The highest BCUT2D eigenvalue weighted by Crippen LogP contribution is 2.61. The molecule has 2 N–H and O–H groups in total. The minimum Gasteiger partial charge on any atom is -0.467 e. The summed E-state index contributed by atoms with van der Waals surface area (Å²) in [4.78, 5) is 36.9. The average Bonchev–Trinajstić information content (AvgIpc) is 2.60. The summed E-state index contributed by atoms with van der Waals surface area (Å²) in [5.74, 6) is -0.758. The molecule has 0 aliphatic heterocycles. The van der Waals surface area contributed by atoms with Crippen LogP contribution in [0.3, 0.4) is 0 Å². The van der Waals surface area contributed by atoms with E-state index in [2.05, 4.69) is 5.32 Å². The summed E-state index contributed by atoms with van der Waals surface area (Å²) >= 11 is 0. The van der Waals surface area contributed by atoms with Crippen molar-refractivity contribution in [3.63, 3.8) is 0 Å². The fourth-order valence-electron chi connectivity index (χ4n) is 5.75. The first kappa shape index (κ1) is 20.1. The smallest absolute Gasteiger partial charge is 0.328 e. The number of carbonyl (C=O) groups excluding carboxylic acids is 3. The van der Waals surface area contributed by atoms with Crippen LogP contribution in [0.15, 0.2) is 0 Å². The molecule has 7 nitrogen and oxygen atoms in total. The van der Waals surface area contributed by atoms with Gasteiger partial charge in [0.05, 0.1) is 18.1 Å². The fourth-order valence-corrected chi connectivity index (χ4v) is 5.75. The van der Waals surface area contributed by atoms with E-state index >= 15 is 0 Å².